The van der Waals surface area contributed by atoms with Gasteiger partial charge in [-0.25, -0.2) is 4.79 Å². The minimum Gasteiger partial charge on any atom is -0.444 e. The zero-order valence-corrected chi connectivity index (χ0v) is 25.7. The molecule has 1 saturated heterocycles. The Kier molecular flexibility index (Phi) is 8.54. The number of thioether (sulfide) groups is 1. The smallest absolute Gasteiger partial charge is 0.416 e. The largest absolute Gasteiger partial charge is 0.444 e. The van der Waals surface area contributed by atoms with Crippen LogP contribution >= 0.6 is 23.4 Å². The van der Waals surface area contributed by atoms with Crippen LogP contribution in [0.15, 0.2) is 52.5 Å². The molecule has 0 bridgehead atoms. The maximum atomic E-state index is 14.0. The van der Waals surface area contributed by atoms with E-state index in [9.17, 15) is 22.8 Å². The Morgan fingerprint density at radius 3 is 2.63 bits per heavy atom. The number of aromatic nitrogens is 2. The molecule has 3 aromatic rings. The second-order valence-corrected chi connectivity index (χ2v) is 12.9. The molecule has 1 fully saturated rings. The summed E-state index contributed by atoms with van der Waals surface area (Å²) in [6.07, 6.45) is -2.91. The van der Waals surface area contributed by atoms with Crippen LogP contribution in [0.5, 0.6) is 0 Å². The number of nitrogens with one attached hydrogen (secondary N) is 1. The van der Waals surface area contributed by atoms with Crippen LogP contribution in [0.3, 0.4) is 0 Å². The number of aromatic amines is 1. The number of allylic oxidation sites excluding steroid dienone is 1. The summed E-state index contributed by atoms with van der Waals surface area (Å²) in [6, 6.07) is 8.86. The number of carbonyl (C=O) groups is 2. The molecular formula is C30H31ClF3N5O3S. The van der Waals surface area contributed by atoms with E-state index >= 15 is 0 Å². The number of amidine groups is 1. The highest BCUT2D eigenvalue weighted by Gasteiger charge is 2.38. The fourth-order valence-corrected chi connectivity index (χ4v) is 6.45. The predicted molar refractivity (Wildman–Crippen MR) is 162 cm³/mol. The van der Waals surface area contributed by atoms with Crippen molar-refractivity contribution >= 4 is 57.0 Å². The Bertz CT molecular complexity index is 1630. The lowest BCUT2D eigenvalue weighted by Gasteiger charge is -2.42. The SMILES string of the molecule is CCC1CN(C(=O)OC(C)(C)C)CCN1C1=NC(=O)C(=C(Cc2ccc(Cl)cc2C(F)(F)F)c2ccc3[nH]ncc3c2)S1. The summed E-state index contributed by atoms with van der Waals surface area (Å²) in [7, 11) is 0. The lowest BCUT2D eigenvalue weighted by atomic mass is 9.93. The van der Waals surface area contributed by atoms with Crippen LogP contribution in [-0.4, -0.2) is 68.4 Å². The number of hydrogen-bond donors (Lipinski definition) is 1. The van der Waals surface area contributed by atoms with Crippen molar-refractivity contribution in [2.75, 3.05) is 19.6 Å². The molecule has 228 valence electrons. The minimum atomic E-state index is -4.64. The number of hydrogen-bond acceptors (Lipinski definition) is 6. The Labute approximate surface area is 256 Å². The predicted octanol–water partition coefficient (Wildman–Crippen LogP) is 7.15. The standard InChI is InChI=1S/C30H31ClF3N5O3S/c1-5-21-16-38(28(41)42-29(2,3)4)10-11-39(21)27-36-26(40)25(43-27)22(17-7-9-24-19(12-17)15-35-37-24)13-18-6-8-20(31)14-23(18)30(32,33)34/h6-9,12,14-15,21H,5,10-11,13,16H2,1-4H3,(H,35,37). The number of amides is 2. The molecule has 1 unspecified atom stereocenters. The number of alkyl halides is 3. The Balaban J connectivity index is 1.49. The lowest BCUT2D eigenvalue weighted by molar-refractivity contribution is -0.138. The van der Waals surface area contributed by atoms with E-state index in [2.05, 4.69) is 15.2 Å². The summed E-state index contributed by atoms with van der Waals surface area (Å²) in [5.74, 6) is -0.519. The van der Waals surface area contributed by atoms with Gasteiger partial charge in [-0.2, -0.15) is 23.3 Å². The van der Waals surface area contributed by atoms with Crippen LogP contribution in [-0.2, 0) is 22.1 Å². The van der Waals surface area contributed by atoms with Crippen molar-refractivity contribution < 1.29 is 27.5 Å². The monoisotopic (exact) mass is 633 g/mol. The molecule has 0 radical (unpaired) electrons. The molecule has 1 atom stereocenters. The van der Waals surface area contributed by atoms with Crippen molar-refractivity contribution in [3.8, 4) is 0 Å². The number of piperazine rings is 1. The third-order valence-electron chi connectivity index (χ3n) is 7.24. The molecule has 2 amide bonds. The molecule has 2 aliphatic rings. The van der Waals surface area contributed by atoms with Crippen LogP contribution in [0.1, 0.15) is 50.8 Å². The first-order valence-electron chi connectivity index (χ1n) is 13.8. The number of halogens is 4. The molecule has 0 spiro atoms. The molecule has 2 aromatic carbocycles. The van der Waals surface area contributed by atoms with Crippen molar-refractivity contribution in [2.24, 2.45) is 4.99 Å². The van der Waals surface area contributed by atoms with Gasteiger partial charge in [0.25, 0.3) is 5.91 Å². The molecule has 0 saturated carbocycles. The van der Waals surface area contributed by atoms with E-state index in [1.54, 1.807) is 29.3 Å². The van der Waals surface area contributed by atoms with Gasteiger partial charge >= 0.3 is 12.3 Å². The fourth-order valence-electron chi connectivity index (χ4n) is 5.16. The highest BCUT2D eigenvalue weighted by molar-refractivity contribution is 8.18. The van der Waals surface area contributed by atoms with Gasteiger partial charge < -0.3 is 14.5 Å². The van der Waals surface area contributed by atoms with Crippen molar-refractivity contribution in [2.45, 2.75) is 58.4 Å². The topological polar surface area (TPSA) is 90.9 Å². The van der Waals surface area contributed by atoms with Crippen molar-refractivity contribution in [3.63, 3.8) is 0 Å². The van der Waals surface area contributed by atoms with Gasteiger partial charge in [-0.15, -0.1) is 0 Å². The molecule has 43 heavy (non-hydrogen) atoms. The summed E-state index contributed by atoms with van der Waals surface area (Å²) in [5, 5.41) is 8.09. The van der Waals surface area contributed by atoms with Gasteiger partial charge in [0.2, 0.25) is 0 Å². The number of nitrogens with zero attached hydrogens (tertiary/aromatic N) is 4. The van der Waals surface area contributed by atoms with Crippen LogP contribution < -0.4 is 0 Å². The number of carbonyl (C=O) groups excluding carboxylic acids is 2. The minimum absolute atomic E-state index is 0.00838. The van der Waals surface area contributed by atoms with Crippen molar-refractivity contribution in [1.29, 1.82) is 0 Å². The summed E-state index contributed by atoms with van der Waals surface area (Å²) >= 11 is 7.09. The van der Waals surface area contributed by atoms with E-state index < -0.39 is 29.3 Å². The molecule has 5 rings (SSSR count). The number of benzene rings is 2. The highest BCUT2D eigenvalue weighted by Crippen LogP contribution is 2.41. The van der Waals surface area contributed by atoms with Gasteiger partial charge in [0.05, 0.1) is 22.2 Å². The Hall–Kier alpha value is -3.51. The average Bonchev–Trinajstić information content (AvgIpc) is 3.56. The average molecular weight is 634 g/mol. The van der Waals surface area contributed by atoms with Gasteiger partial charge in [0.1, 0.15) is 5.60 Å². The van der Waals surface area contributed by atoms with Gasteiger partial charge in [0.15, 0.2) is 5.17 Å². The quantitative estimate of drug-likeness (QED) is 0.307. The van der Waals surface area contributed by atoms with Gasteiger partial charge in [-0.3, -0.25) is 9.89 Å². The van der Waals surface area contributed by atoms with Gasteiger partial charge in [-0.05, 0) is 86.3 Å². The number of ether oxygens (including phenoxy) is 1. The zero-order chi connectivity index (χ0) is 31.1. The molecule has 8 nitrogen and oxygen atoms in total. The first-order valence-corrected chi connectivity index (χ1v) is 15.0. The first-order chi connectivity index (χ1) is 20.2. The summed E-state index contributed by atoms with van der Waals surface area (Å²) in [5.41, 5.74) is 0.274. The maximum absolute atomic E-state index is 14.0. The third-order valence-corrected chi connectivity index (χ3v) is 8.61. The molecule has 0 aliphatic carbocycles. The van der Waals surface area contributed by atoms with Crippen molar-refractivity contribution in [1.82, 2.24) is 20.0 Å². The second-order valence-electron chi connectivity index (χ2n) is 11.4. The number of aliphatic imine (C=N–C) groups is 1. The van der Waals surface area contributed by atoms with Gasteiger partial charge in [0, 0.05) is 36.1 Å². The lowest BCUT2D eigenvalue weighted by Crippen LogP contribution is -2.56. The normalized spacial score (nSPS) is 19.2. The number of fused-ring (bicyclic) bond motifs is 1. The van der Waals surface area contributed by atoms with Crippen LogP contribution in [0.2, 0.25) is 5.02 Å². The molecule has 2 aliphatic heterocycles. The number of rotatable bonds is 4. The Morgan fingerprint density at radius 2 is 1.93 bits per heavy atom. The molecule has 1 N–H and O–H groups in total. The number of H-pyrrole nitrogens is 1. The van der Waals surface area contributed by atoms with E-state index in [1.165, 1.54) is 12.1 Å². The Morgan fingerprint density at radius 1 is 1.16 bits per heavy atom. The third kappa shape index (κ3) is 6.85. The molecule has 1 aromatic heterocycles. The van der Waals surface area contributed by atoms with Crippen LogP contribution in [0, 0.1) is 0 Å². The molecule has 3 heterocycles. The van der Waals surface area contributed by atoms with E-state index in [1.807, 2.05) is 32.6 Å². The van der Waals surface area contributed by atoms with E-state index in [0.717, 1.165) is 28.7 Å². The maximum Gasteiger partial charge on any atom is 0.416 e. The molecule has 13 heteroatoms. The van der Waals surface area contributed by atoms with E-state index in [-0.39, 0.29) is 28.0 Å². The van der Waals surface area contributed by atoms with Crippen LogP contribution in [0.4, 0.5) is 18.0 Å². The van der Waals surface area contributed by atoms with E-state index in [0.29, 0.717) is 42.4 Å². The van der Waals surface area contributed by atoms with Crippen LogP contribution in [0.25, 0.3) is 16.5 Å². The fraction of sp³-hybridized carbons (Fsp3) is 0.400. The summed E-state index contributed by atoms with van der Waals surface area (Å²) < 4.78 is 47.7. The molecular weight excluding hydrogens is 603 g/mol. The highest BCUT2D eigenvalue weighted by atomic mass is 35.5. The summed E-state index contributed by atoms with van der Waals surface area (Å²) in [6.45, 7) is 8.61. The second kappa shape index (κ2) is 11.9. The zero-order valence-electron chi connectivity index (χ0n) is 24.1. The summed E-state index contributed by atoms with van der Waals surface area (Å²) in [4.78, 5) is 34.4. The van der Waals surface area contributed by atoms with E-state index in [4.69, 9.17) is 16.3 Å². The van der Waals surface area contributed by atoms with Gasteiger partial charge in [-0.1, -0.05) is 30.7 Å². The van der Waals surface area contributed by atoms with Crippen molar-refractivity contribution in [3.05, 3.63) is 69.2 Å². The first kappa shape index (κ1) is 30.9.